The summed E-state index contributed by atoms with van der Waals surface area (Å²) in [5.41, 5.74) is 2.18. The van der Waals surface area contributed by atoms with Crippen LogP contribution in [0.3, 0.4) is 0 Å². The molecular weight excluding hydrogens is 354 g/mol. The average Bonchev–Trinajstić information content (AvgIpc) is 2.44. The molecule has 0 amide bonds. The normalized spacial score (nSPS) is 11.4. The van der Waals surface area contributed by atoms with Gasteiger partial charge in [0.1, 0.15) is 0 Å². The van der Waals surface area contributed by atoms with Gasteiger partial charge in [-0.15, -0.1) is 0 Å². The summed E-state index contributed by atoms with van der Waals surface area (Å²) in [5.74, 6) is 0. The number of nitrogens with one attached hydrogen (secondary N) is 1. The standard InChI is InChI=1S/C15H16BrNO3S/c1-11-9-13(7-8-14(11)16)21(18,19)17-15-6-4-3-5-12(15)10-20-2/h3-9,17H,10H2,1-2H3. The summed E-state index contributed by atoms with van der Waals surface area (Å²) in [6.45, 7) is 2.19. The first-order valence-corrected chi connectivity index (χ1v) is 8.57. The maximum atomic E-state index is 12.5. The molecule has 2 aromatic carbocycles. The summed E-state index contributed by atoms with van der Waals surface area (Å²) in [7, 11) is -2.05. The monoisotopic (exact) mass is 369 g/mol. The fourth-order valence-electron chi connectivity index (χ4n) is 1.89. The van der Waals surface area contributed by atoms with E-state index in [0.717, 1.165) is 15.6 Å². The highest BCUT2D eigenvalue weighted by molar-refractivity contribution is 9.10. The van der Waals surface area contributed by atoms with Gasteiger partial charge in [0.25, 0.3) is 10.0 Å². The predicted molar refractivity (Wildman–Crippen MR) is 86.8 cm³/mol. The van der Waals surface area contributed by atoms with Crippen LogP contribution >= 0.6 is 15.9 Å². The summed E-state index contributed by atoms with van der Waals surface area (Å²) in [6, 6.07) is 12.1. The van der Waals surface area contributed by atoms with E-state index in [4.69, 9.17) is 4.74 Å². The molecule has 2 aromatic rings. The Hall–Kier alpha value is -1.37. The van der Waals surface area contributed by atoms with Crippen molar-refractivity contribution in [2.24, 2.45) is 0 Å². The highest BCUT2D eigenvalue weighted by atomic mass is 79.9. The molecule has 1 N–H and O–H groups in total. The van der Waals surface area contributed by atoms with Crippen LogP contribution in [0.15, 0.2) is 51.8 Å². The Labute approximate surface area is 133 Å². The fraction of sp³-hybridized carbons (Fsp3) is 0.200. The average molecular weight is 370 g/mol. The van der Waals surface area contributed by atoms with Gasteiger partial charge in [0.15, 0.2) is 0 Å². The second-order valence-corrected chi connectivity index (χ2v) is 7.14. The molecule has 0 spiro atoms. The van der Waals surface area contributed by atoms with Gasteiger partial charge in [-0.1, -0.05) is 34.1 Å². The Balaban J connectivity index is 2.35. The number of anilines is 1. The lowest BCUT2D eigenvalue weighted by atomic mass is 10.2. The van der Waals surface area contributed by atoms with Crippen LogP contribution in [0.25, 0.3) is 0 Å². The molecule has 2 rings (SSSR count). The van der Waals surface area contributed by atoms with Gasteiger partial charge in [-0.3, -0.25) is 4.72 Å². The molecule has 0 aromatic heterocycles. The number of para-hydroxylation sites is 1. The quantitative estimate of drug-likeness (QED) is 0.873. The number of hydrogen-bond acceptors (Lipinski definition) is 3. The van der Waals surface area contributed by atoms with Crippen LogP contribution in [0.4, 0.5) is 5.69 Å². The van der Waals surface area contributed by atoms with E-state index in [2.05, 4.69) is 20.7 Å². The van der Waals surface area contributed by atoms with Gasteiger partial charge >= 0.3 is 0 Å². The van der Waals surface area contributed by atoms with Gasteiger partial charge in [0.05, 0.1) is 17.2 Å². The lowest BCUT2D eigenvalue weighted by Crippen LogP contribution is -2.14. The smallest absolute Gasteiger partial charge is 0.261 e. The lowest BCUT2D eigenvalue weighted by Gasteiger charge is -2.12. The van der Waals surface area contributed by atoms with E-state index in [1.807, 2.05) is 19.1 Å². The minimum atomic E-state index is -3.62. The van der Waals surface area contributed by atoms with E-state index in [0.29, 0.717) is 12.3 Å². The molecule has 112 valence electrons. The van der Waals surface area contributed by atoms with Gasteiger partial charge in [0.2, 0.25) is 0 Å². The largest absolute Gasteiger partial charge is 0.380 e. The van der Waals surface area contributed by atoms with Crippen molar-refractivity contribution in [2.75, 3.05) is 11.8 Å². The number of benzene rings is 2. The SMILES string of the molecule is COCc1ccccc1NS(=O)(=O)c1ccc(Br)c(C)c1. The first-order chi connectivity index (χ1) is 9.94. The zero-order chi connectivity index (χ0) is 15.5. The highest BCUT2D eigenvalue weighted by Crippen LogP contribution is 2.24. The van der Waals surface area contributed by atoms with Crippen molar-refractivity contribution >= 4 is 31.6 Å². The molecule has 0 heterocycles. The van der Waals surface area contributed by atoms with Gasteiger partial charge in [-0.2, -0.15) is 0 Å². The molecule has 0 atom stereocenters. The van der Waals surface area contributed by atoms with Crippen LogP contribution in [-0.4, -0.2) is 15.5 Å². The van der Waals surface area contributed by atoms with Crippen molar-refractivity contribution in [3.05, 3.63) is 58.1 Å². The van der Waals surface area contributed by atoms with E-state index < -0.39 is 10.0 Å². The molecule has 0 aliphatic carbocycles. The molecule has 0 aliphatic heterocycles. The molecule has 4 nitrogen and oxygen atoms in total. The second kappa shape index (κ2) is 6.60. The zero-order valence-corrected chi connectivity index (χ0v) is 14.2. The van der Waals surface area contributed by atoms with E-state index in [-0.39, 0.29) is 4.90 Å². The highest BCUT2D eigenvalue weighted by Gasteiger charge is 2.16. The summed E-state index contributed by atoms with van der Waals surface area (Å²) in [5, 5.41) is 0. The number of methoxy groups -OCH3 is 1. The van der Waals surface area contributed by atoms with Gasteiger partial charge in [0, 0.05) is 17.1 Å². The molecule has 0 fully saturated rings. The molecule has 21 heavy (non-hydrogen) atoms. The van der Waals surface area contributed by atoms with Crippen LogP contribution in [0.5, 0.6) is 0 Å². The van der Waals surface area contributed by atoms with Crippen molar-refractivity contribution in [3.8, 4) is 0 Å². The number of halogens is 1. The van der Waals surface area contributed by atoms with Crippen molar-refractivity contribution in [2.45, 2.75) is 18.4 Å². The van der Waals surface area contributed by atoms with Crippen LogP contribution in [0, 0.1) is 6.92 Å². The topological polar surface area (TPSA) is 55.4 Å². The molecule has 0 bridgehead atoms. The molecule has 0 aliphatic rings. The third-order valence-corrected chi connectivity index (χ3v) is 5.25. The van der Waals surface area contributed by atoms with Gasteiger partial charge in [-0.05, 0) is 36.8 Å². The summed E-state index contributed by atoms with van der Waals surface area (Å²) in [4.78, 5) is 0.232. The maximum Gasteiger partial charge on any atom is 0.261 e. The van der Waals surface area contributed by atoms with Gasteiger partial charge in [-0.25, -0.2) is 8.42 Å². The first-order valence-electron chi connectivity index (χ1n) is 6.30. The summed E-state index contributed by atoms with van der Waals surface area (Å²) in [6.07, 6.45) is 0. The van der Waals surface area contributed by atoms with Crippen LogP contribution < -0.4 is 4.72 Å². The molecule has 0 radical (unpaired) electrons. The second-order valence-electron chi connectivity index (χ2n) is 4.61. The Kier molecular flexibility index (Phi) is 5.03. The van der Waals surface area contributed by atoms with Crippen LogP contribution in [0.2, 0.25) is 0 Å². The molecule has 6 heteroatoms. The summed E-state index contributed by atoms with van der Waals surface area (Å²) < 4.78 is 33.5. The lowest BCUT2D eigenvalue weighted by molar-refractivity contribution is 0.185. The van der Waals surface area contributed by atoms with E-state index in [1.165, 1.54) is 0 Å². The fourth-order valence-corrected chi connectivity index (χ4v) is 3.32. The number of hydrogen-bond donors (Lipinski definition) is 1. The van der Waals surface area contributed by atoms with E-state index in [1.54, 1.807) is 37.4 Å². The maximum absolute atomic E-state index is 12.5. The molecule has 0 saturated heterocycles. The minimum absolute atomic E-state index is 0.232. The number of rotatable bonds is 5. The van der Waals surface area contributed by atoms with Crippen molar-refractivity contribution in [1.29, 1.82) is 0 Å². The Morgan fingerprint density at radius 1 is 1.19 bits per heavy atom. The molecule has 0 unspecified atom stereocenters. The zero-order valence-electron chi connectivity index (χ0n) is 11.8. The van der Waals surface area contributed by atoms with Crippen LogP contribution in [-0.2, 0) is 21.4 Å². The third-order valence-electron chi connectivity index (χ3n) is 3.00. The van der Waals surface area contributed by atoms with E-state index >= 15 is 0 Å². The number of sulfonamides is 1. The van der Waals surface area contributed by atoms with Gasteiger partial charge < -0.3 is 4.74 Å². The molecular formula is C15H16BrNO3S. The number of aryl methyl sites for hydroxylation is 1. The van der Waals surface area contributed by atoms with E-state index in [9.17, 15) is 8.42 Å². The predicted octanol–water partition coefficient (Wildman–Crippen LogP) is 3.70. The Morgan fingerprint density at radius 3 is 2.57 bits per heavy atom. The minimum Gasteiger partial charge on any atom is -0.380 e. The summed E-state index contributed by atoms with van der Waals surface area (Å²) >= 11 is 3.36. The third kappa shape index (κ3) is 3.84. The first kappa shape index (κ1) is 16.0. The molecule has 0 saturated carbocycles. The van der Waals surface area contributed by atoms with Crippen LogP contribution in [0.1, 0.15) is 11.1 Å². The Bertz CT molecular complexity index is 744. The van der Waals surface area contributed by atoms with Crippen molar-refractivity contribution in [3.63, 3.8) is 0 Å². The Morgan fingerprint density at radius 2 is 1.90 bits per heavy atom. The van der Waals surface area contributed by atoms with Crippen molar-refractivity contribution < 1.29 is 13.2 Å². The number of ether oxygens (including phenoxy) is 1. The van der Waals surface area contributed by atoms with Crippen molar-refractivity contribution in [1.82, 2.24) is 0 Å².